The fraction of sp³-hybridized carbons (Fsp3) is 0.200. The molecule has 10 heteroatoms. The van der Waals surface area contributed by atoms with Gasteiger partial charge in [-0.05, 0) is 71.8 Å². The molecule has 7 aromatic rings. The number of ether oxygens (including phenoxy) is 2. The zero-order valence-corrected chi connectivity index (χ0v) is 34.0. The Bertz CT molecular complexity index is 2700. The van der Waals surface area contributed by atoms with Gasteiger partial charge >= 0.3 is 0 Å². The van der Waals surface area contributed by atoms with Crippen LogP contribution in [-0.4, -0.2) is 33.3 Å². The SMILES string of the molecule is O=C(CNC(=O)c1ccccc1CCOc1cccc2c3c(oc12)CCCC3)c1ccc(OCc2ccccc2)c(N(Cc2ccccc2)S(=O)(=O)Cc2ccccc2)c1. The lowest BCUT2D eigenvalue weighted by Crippen LogP contribution is -2.33. The van der Waals surface area contributed by atoms with E-state index >= 15 is 0 Å². The number of fused-ring (bicyclic) bond motifs is 3. The molecule has 0 atom stereocenters. The number of carbonyl (C=O) groups is 2. The maximum absolute atomic E-state index is 14.4. The highest BCUT2D eigenvalue weighted by Gasteiger charge is 2.28. The Labute approximate surface area is 350 Å². The first kappa shape index (κ1) is 40.1. The van der Waals surface area contributed by atoms with Gasteiger partial charge in [0.1, 0.15) is 18.1 Å². The average molecular weight is 819 g/mol. The first-order valence-corrected chi connectivity index (χ1v) is 21.9. The number of aryl methyl sites for hydroxylation is 2. The summed E-state index contributed by atoms with van der Waals surface area (Å²) < 4.78 is 48.8. The minimum Gasteiger partial charge on any atom is -0.489 e. The molecule has 9 nitrogen and oxygen atoms in total. The minimum absolute atomic E-state index is 0.00527. The number of ketones is 1. The molecule has 60 heavy (non-hydrogen) atoms. The molecule has 1 N–H and O–H groups in total. The number of amides is 1. The van der Waals surface area contributed by atoms with E-state index < -0.39 is 21.7 Å². The number of rotatable bonds is 17. The minimum atomic E-state index is -4.02. The van der Waals surface area contributed by atoms with E-state index in [1.165, 1.54) is 9.87 Å². The fourth-order valence-electron chi connectivity index (χ4n) is 7.65. The Balaban J connectivity index is 1.01. The molecular formula is C50H46N2O7S. The van der Waals surface area contributed by atoms with Crippen LogP contribution in [0.25, 0.3) is 11.0 Å². The summed E-state index contributed by atoms with van der Waals surface area (Å²) in [6, 6.07) is 45.8. The Morgan fingerprint density at radius 1 is 0.683 bits per heavy atom. The van der Waals surface area contributed by atoms with Gasteiger partial charge in [0.15, 0.2) is 17.1 Å². The van der Waals surface area contributed by atoms with Crippen LogP contribution in [0.4, 0.5) is 5.69 Å². The normalized spacial score (nSPS) is 12.4. The van der Waals surface area contributed by atoms with Gasteiger partial charge < -0.3 is 19.2 Å². The molecule has 0 saturated heterocycles. The number of anilines is 1. The number of nitrogens with zero attached hydrogens (tertiary/aromatic N) is 1. The van der Waals surface area contributed by atoms with Gasteiger partial charge in [0.2, 0.25) is 10.0 Å². The molecular weight excluding hydrogens is 773 g/mol. The van der Waals surface area contributed by atoms with Gasteiger partial charge in [0.25, 0.3) is 5.91 Å². The van der Waals surface area contributed by atoms with Gasteiger partial charge in [-0.25, -0.2) is 8.42 Å². The van der Waals surface area contributed by atoms with Crippen LogP contribution in [-0.2, 0) is 48.2 Å². The fourth-order valence-corrected chi connectivity index (χ4v) is 9.21. The van der Waals surface area contributed by atoms with Crippen LogP contribution in [0.2, 0.25) is 0 Å². The number of Topliss-reactive ketones (excluding diaryl/α,β-unsaturated/α-hetero) is 1. The van der Waals surface area contributed by atoms with Crippen LogP contribution >= 0.6 is 0 Å². The van der Waals surface area contributed by atoms with E-state index in [0.29, 0.717) is 35.7 Å². The first-order valence-electron chi connectivity index (χ1n) is 20.3. The van der Waals surface area contributed by atoms with E-state index in [4.69, 9.17) is 13.9 Å². The van der Waals surface area contributed by atoms with Crippen LogP contribution in [0.5, 0.6) is 11.5 Å². The second-order valence-electron chi connectivity index (χ2n) is 14.9. The van der Waals surface area contributed by atoms with Crippen LogP contribution in [0.1, 0.15) is 67.1 Å². The summed E-state index contributed by atoms with van der Waals surface area (Å²) in [5.41, 5.74) is 5.98. The average Bonchev–Trinajstić information content (AvgIpc) is 3.67. The van der Waals surface area contributed by atoms with Gasteiger partial charge in [-0.15, -0.1) is 0 Å². The lowest BCUT2D eigenvalue weighted by molar-refractivity contribution is 0.0903. The van der Waals surface area contributed by atoms with Crippen molar-refractivity contribution in [3.63, 3.8) is 0 Å². The summed E-state index contributed by atoms with van der Waals surface area (Å²) in [6.07, 6.45) is 4.68. The highest BCUT2D eigenvalue weighted by Crippen LogP contribution is 2.37. The highest BCUT2D eigenvalue weighted by molar-refractivity contribution is 7.92. The summed E-state index contributed by atoms with van der Waals surface area (Å²) in [5, 5.41) is 3.91. The van der Waals surface area contributed by atoms with Crippen molar-refractivity contribution in [3.05, 3.63) is 196 Å². The highest BCUT2D eigenvalue weighted by atomic mass is 32.2. The number of para-hydroxylation sites is 1. The zero-order chi connectivity index (χ0) is 41.3. The summed E-state index contributed by atoms with van der Waals surface area (Å²) in [6.45, 7) is 0.195. The lowest BCUT2D eigenvalue weighted by atomic mass is 9.96. The molecule has 0 unspecified atom stereocenters. The second-order valence-corrected chi connectivity index (χ2v) is 16.8. The molecule has 0 saturated carbocycles. The van der Waals surface area contributed by atoms with Crippen molar-refractivity contribution >= 4 is 38.4 Å². The molecule has 8 rings (SSSR count). The zero-order valence-electron chi connectivity index (χ0n) is 33.2. The quantitative estimate of drug-likeness (QED) is 0.0911. The van der Waals surface area contributed by atoms with Crippen LogP contribution in [0, 0.1) is 0 Å². The number of benzene rings is 6. The summed E-state index contributed by atoms with van der Waals surface area (Å²) in [5.74, 6) is 0.961. The molecule has 1 aliphatic rings. The molecule has 0 aliphatic heterocycles. The van der Waals surface area contributed by atoms with Crippen molar-refractivity contribution in [2.24, 2.45) is 0 Å². The topological polar surface area (TPSA) is 115 Å². The molecule has 304 valence electrons. The Morgan fingerprint density at radius 2 is 1.37 bits per heavy atom. The van der Waals surface area contributed by atoms with E-state index in [1.54, 1.807) is 54.6 Å². The van der Waals surface area contributed by atoms with Crippen LogP contribution in [0.15, 0.2) is 156 Å². The maximum Gasteiger partial charge on any atom is 0.251 e. The number of sulfonamides is 1. The van der Waals surface area contributed by atoms with Gasteiger partial charge in [-0.3, -0.25) is 13.9 Å². The van der Waals surface area contributed by atoms with Crippen molar-refractivity contribution in [1.29, 1.82) is 0 Å². The second kappa shape index (κ2) is 18.5. The molecule has 0 fully saturated rings. The predicted molar refractivity (Wildman–Crippen MR) is 234 cm³/mol. The van der Waals surface area contributed by atoms with Gasteiger partial charge in [-0.2, -0.15) is 0 Å². The molecule has 1 heterocycles. The van der Waals surface area contributed by atoms with E-state index in [1.807, 2.05) is 91.0 Å². The van der Waals surface area contributed by atoms with Crippen molar-refractivity contribution in [2.75, 3.05) is 17.5 Å². The smallest absolute Gasteiger partial charge is 0.251 e. The van der Waals surface area contributed by atoms with E-state index in [9.17, 15) is 18.0 Å². The molecule has 1 amide bonds. The summed E-state index contributed by atoms with van der Waals surface area (Å²) >= 11 is 0. The molecule has 0 radical (unpaired) electrons. The third kappa shape index (κ3) is 9.45. The largest absolute Gasteiger partial charge is 0.489 e. The number of hydrogen-bond donors (Lipinski definition) is 1. The van der Waals surface area contributed by atoms with E-state index in [-0.39, 0.29) is 36.7 Å². The molecule has 1 aromatic heterocycles. The third-order valence-electron chi connectivity index (χ3n) is 10.7. The van der Waals surface area contributed by atoms with Crippen LogP contribution in [0.3, 0.4) is 0 Å². The molecule has 6 aromatic carbocycles. The molecule has 0 spiro atoms. The Morgan fingerprint density at radius 3 is 2.13 bits per heavy atom. The standard InChI is InChI=1S/C50H46N2O7S/c53-45(32-51-50(54)41-22-11-10-21-39(41)29-30-57-48-26-14-24-43-42-23-12-13-25-46(42)59-49(43)48)40-27-28-47(58-34-37-17-6-2-7-18-37)44(31-40)52(33-36-15-4-1-5-16-36)60(55,56)35-38-19-8-3-9-20-38/h1-11,14-22,24,26-28,31H,12-13,23,25,29-30,32-35H2,(H,51,54). The van der Waals surface area contributed by atoms with Crippen molar-refractivity contribution < 1.29 is 31.9 Å². The van der Waals surface area contributed by atoms with E-state index in [2.05, 4.69) is 11.4 Å². The molecule has 0 bridgehead atoms. The first-order chi connectivity index (χ1) is 29.3. The number of furan rings is 1. The number of hydrogen-bond acceptors (Lipinski definition) is 7. The monoisotopic (exact) mass is 818 g/mol. The Hall–Kier alpha value is -6.65. The van der Waals surface area contributed by atoms with Crippen molar-refractivity contribution in [1.82, 2.24) is 5.32 Å². The van der Waals surface area contributed by atoms with Crippen LogP contribution < -0.4 is 19.1 Å². The maximum atomic E-state index is 14.4. The Kier molecular flexibility index (Phi) is 12.4. The van der Waals surface area contributed by atoms with Gasteiger partial charge in [0, 0.05) is 34.9 Å². The summed E-state index contributed by atoms with van der Waals surface area (Å²) in [4.78, 5) is 27.5. The predicted octanol–water partition coefficient (Wildman–Crippen LogP) is 9.66. The molecule has 1 aliphatic carbocycles. The third-order valence-corrected chi connectivity index (χ3v) is 12.4. The van der Waals surface area contributed by atoms with Crippen molar-refractivity contribution in [2.45, 2.75) is 51.0 Å². The number of carbonyl (C=O) groups excluding carboxylic acids is 2. The van der Waals surface area contributed by atoms with Crippen molar-refractivity contribution in [3.8, 4) is 11.5 Å². The van der Waals surface area contributed by atoms with Gasteiger partial charge in [0.05, 0.1) is 31.1 Å². The lowest BCUT2D eigenvalue weighted by Gasteiger charge is -2.27. The van der Waals surface area contributed by atoms with Gasteiger partial charge in [-0.1, -0.05) is 121 Å². The summed E-state index contributed by atoms with van der Waals surface area (Å²) in [7, 11) is -4.02. The van der Waals surface area contributed by atoms with E-state index in [0.717, 1.165) is 59.1 Å². The number of nitrogens with one attached hydrogen (secondary N) is 1.